The molecule has 1 unspecified atom stereocenters. The molecule has 0 bridgehead atoms. The maximum atomic E-state index is 13.2. The maximum absolute atomic E-state index is 13.2. The number of pyridine rings is 1. The number of aromatic nitrogens is 1. The second-order valence-corrected chi connectivity index (χ2v) is 3.80. The second-order valence-electron chi connectivity index (χ2n) is 3.80. The largest absolute Gasteiger partial charge is 0.308 e. The molecule has 1 aromatic carbocycles. The first-order chi connectivity index (χ1) is 8.61. The number of benzene rings is 1. The smallest absolute Gasteiger partial charge is 0.159 e. The Kier molecular flexibility index (Phi) is 3.62. The summed E-state index contributed by atoms with van der Waals surface area (Å²) in [4.78, 5) is 3.92. The summed E-state index contributed by atoms with van der Waals surface area (Å²) in [6, 6.07) is 5.97. The van der Waals surface area contributed by atoms with Crippen LogP contribution in [-0.2, 0) is 0 Å². The Bertz CT molecular complexity index is 540. The highest BCUT2D eigenvalue weighted by Gasteiger charge is 2.15. The number of nitrogens with one attached hydrogen (secondary N) is 1. The average molecular weight is 252 g/mol. The zero-order valence-electron chi connectivity index (χ0n) is 9.62. The van der Waals surface area contributed by atoms with Gasteiger partial charge in [0.1, 0.15) is 5.82 Å². The summed E-state index contributed by atoms with van der Waals surface area (Å²) in [5.41, 5.74) is 1.06. The van der Waals surface area contributed by atoms with Crippen molar-refractivity contribution in [3.05, 3.63) is 65.2 Å². The summed E-state index contributed by atoms with van der Waals surface area (Å²) in [5, 5.41) is 2.93. The van der Waals surface area contributed by atoms with Gasteiger partial charge in [-0.25, -0.2) is 13.2 Å². The summed E-state index contributed by atoms with van der Waals surface area (Å²) in [6.45, 7) is 0. The number of halogens is 3. The quantitative estimate of drug-likeness (QED) is 0.908. The molecule has 0 spiro atoms. The van der Waals surface area contributed by atoms with Crippen molar-refractivity contribution in [1.82, 2.24) is 10.3 Å². The molecule has 1 aromatic heterocycles. The fourth-order valence-corrected chi connectivity index (χ4v) is 1.74. The van der Waals surface area contributed by atoms with Gasteiger partial charge in [0.25, 0.3) is 0 Å². The van der Waals surface area contributed by atoms with Gasteiger partial charge in [0.2, 0.25) is 0 Å². The molecule has 18 heavy (non-hydrogen) atoms. The highest BCUT2D eigenvalue weighted by atomic mass is 19.2. The number of hydrogen-bond donors (Lipinski definition) is 1. The number of rotatable bonds is 3. The minimum Gasteiger partial charge on any atom is -0.308 e. The third kappa shape index (κ3) is 2.51. The lowest BCUT2D eigenvalue weighted by atomic mass is 10.0. The van der Waals surface area contributed by atoms with E-state index < -0.39 is 23.5 Å². The highest BCUT2D eigenvalue weighted by Crippen LogP contribution is 2.21. The van der Waals surface area contributed by atoms with Crippen molar-refractivity contribution in [1.29, 1.82) is 0 Å². The number of hydrogen-bond acceptors (Lipinski definition) is 2. The Hall–Kier alpha value is -1.88. The minimum atomic E-state index is -0.921. The summed E-state index contributed by atoms with van der Waals surface area (Å²) in [5.74, 6) is -2.27. The molecule has 1 N–H and O–H groups in total. The zero-order chi connectivity index (χ0) is 13.1. The molecule has 2 aromatic rings. The van der Waals surface area contributed by atoms with Crippen LogP contribution in [0.25, 0.3) is 0 Å². The maximum Gasteiger partial charge on any atom is 0.159 e. The molecule has 1 atom stereocenters. The van der Waals surface area contributed by atoms with Gasteiger partial charge in [0, 0.05) is 0 Å². The normalized spacial score (nSPS) is 12.4. The Morgan fingerprint density at radius 2 is 1.83 bits per heavy atom. The van der Waals surface area contributed by atoms with Crippen molar-refractivity contribution < 1.29 is 13.2 Å². The first kappa shape index (κ1) is 12.6. The van der Waals surface area contributed by atoms with Gasteiger partial charge >= 0.3 is 0 Å². The van der Waals surface area contributed by atoms with Gasteiger partial charge in [-0.1, -0.05) is 6.07 Å². The molecule has 5 heteroatoms. The molecule has 94 valence electrons. The zero-order valence-corrected chi connectivity index (χ0v) is 9.62. The van der Waals surface area contributed by atoms with Crippen molar-refractivity contribution in [2.75, 3.05) is 7.05 Å². The van der Waals surface area contributed by atoms with E-state index in [2.05, 4.69) is 10.3 Å². The molecule has 0 aliphatic heterocycles. The SMILES string of the molecule is CNC(c1ccc(F)c(F)c1)c1ccc(F)cn1. The van der Waals surface area contributed by atoms with E-state index in [9.17, 15) is 13.2 Å². The molecular formula is C13H11F3N2. The topological polar surface area (TPSA) is 24.9 Å². The first-order valence-corrected chi connectivity index (χ1v) is 5.35. The van der Waals surface area contributed by atoms with Gasteiger partial charge in [-0.05, 0) is 36.9 Å². The van der Waals surface area contributed by atoms with Gasteiger partial charge in [0.05, 0.1) is 17.9 Å². The fraction of sp³-hybridized carbons (Fsp3) is 0.154. The van der Waals surface area contributed by atoms with Crippen molar-refractivity contribution in [3.63, 3.8) is 0 Å². The lowest BCUT2D eigenvalue weighted by Crippen LogP contribution is -2.19. The molecule has 0 saturated heterocycles. The van der Waals surface area contributed by atoms with Crippen LogP contribution in [0.4, 0.5) is 13.2 Å². The van der Waals surface area contributed by atoms with Crippen LogP contribution in [0.1, 0.15) is 17.3 Å². The van der Waals surface area contributed by atoms with Crippen LogP contribution >= 0.6 is 0 Å². The molecule has 0 saturated carbocycles. The highest BCUT2D eigenvalue weighted by molar-refractivity contribution is 5.28. The summed E-state index contributed by atoms with van der Waals surface area (Å²) < 4.78 is 38.8. The van der Waals surface area contributed by atoms with Crippen LogP contribution in [0.2, 0.25) is 0 Å². The molecule has 2 nitrogen and oxygen atoms in total. The molecule has 2 rings (SSSR count). The molecule has 0 aliphatic rings. The minimum absolute atomic E-state index is 0.416. The first-order valence-electron chi connectivity index (χ1n) is 5.35. The molecular weight excluding hydrogens is 241 g/mol. The van der Waals surface area contributed by atoms with Crippen LogP contribution in [0, 0.1) is 17.5 Å². The third-order valence-corrected chi connectivity index (χ3v) is 2.61. The Balaban J connectivity index is 2.38. The number of nitrogens with zero attached hydrogens (tertiary/aromatic N) is 1. The van der Waals surface area contributed by atoms with Gasteiger partial charge in [-0.2, -0.15) is 0 Å². The Labute approximate surface area is 102 Å². The molecule has 0 radical (unpaired) electrons. The van der Waals surface area contributed by atoms with E-state index in [1.54, 1.807) is 7.05 Å². The lowest BCUT2D eigenvalue weighted by molar-refractivity contribution is 0.504. The summed E-state index contributed by atoms with van der Waals surface area (Å²) in [7, 11) is 1.66. The predicted molar refractivity (Wildman–Crippen MR) is 61.5 cm³/mol. The molecule has 1 heterocycles. The Morgan fingerprint density at radius 1 is 1.06 bits per heavy atom. The van der Waals surface area contributed by atoms with Crippen molar-refractivity contribution >= 4 is 0 Å². The van der Waals surface area contributed by atoms with Crippen LogP contribution in [0.3, 0.4) is 0 Å². The summed E-state index contributed by atoms with van der Waals surface area (Å²) >= 11 is 0. The van der Waals surface area contributed by atoms with Crippen LogP contribution in [-0.4, -0.2) is 12.0 Å². The van der Waals surface area contributed by atoms with E-state index in [4.69, 9.17) is 0 Å². The van der Waals surface area contributed by atoms with Crippen molar-refractivity contribution in [2.45, 2.75) is 6.04 Å². The van der Waals surface area contributed by atoms with E-state index in [1.807, 2.05) is 0 Å². The van der Waals surface area contributed by atoms with Crippen molar-refractivity contribution in [3.8, 4) is 0 Å². The average Bonchev–Trinajstić information content (AvgIpc) is 2.37. The van der Waals surface area contributed by atoms with E-state index >= 15 is 0 Å². The van der Waals surface area contributed by atoms with Crippen LogP contribution < -0.4 is 5.32 Å². The lowest BCUT2D eigenvalue weighted by Gasteiger charge is -2.16. The van der Waals surface area contributed by atoms with E-state index in [1.165, 1.54) is 18.2 Å². The third-order valence-electron chi connectivity index (χ3n) is 2.61. The van der Waals surface area contributed by atoms with E-state index in [0.29, 0.717) is 11.3 Å². The van der Waals surface area contributed by atoms with Gasteiger partial charge in [-0.3, -0.25) is 4.98 Å². The fourth-order valence-electron chi connectivity index (χ4n) is 1.74. The van der Waals surface area contributed by atoms with Gasteiger partial charge in [-0.15, -0.1) is 0 Å². The summed E-state index contributed by atoms with van der Waals surface area (Å²) in [6.07, 6.45) is 1.08. The molecule has 0 aliphatic carbocycles. The predicted octanol–water partition coefficient (Wildman–Crippen LogP) is 2.81. The molecule has 0 fully saturated rings. The second kappa shape index (κ2) is 5.18. The van der Waals surface area contributed by atoms with E-state index in [-0.39, 0.29) is 0 Å². The Morgan fingerprint density at radius 3 is 2.39 bits per heavy atom. The molecule has 0 amide bonds. The van der Waals surface area contributed by atoms with Crippen LogP contribution in [0.5, 0.6) is 0 Å². The van der Waals surface area contributed by atoms with E-state index in [0.717, 1.165) is 18.3 Å². The monoisotopic (exact) mass is 252 g/mol. The van der Waals surface area contributed by atoms with Crippen LogP contribution in [0.15, 0.2) is 36.5 Å². The van der Waals surface area contributed by atoms with Gasteiger partial charge in [0.15, 0.2) is 11.6 Å². The van der Waals surface area contributed by atoms with Crippen molar-refractivity contribution in [2.24, 2.45) is 0 Å². The standard InChI is InChI=1S/C13H11F3N2/c1-17-13(12-5-3-9(14)7-18-12)8-2-4-10(15)11(16)6-8/h2-7,13,17H,1H3. The van der Waals surface area contributed by atoms with Gasteiger partial charge < -0.3 is 5.32 Å².